The number of aromatic nitrogens is 1. The molecular weight excluding hydrogens is 638 g/mol. The monoisotopic (exact) mass is 697 g/mol. The number of carbonyl (C=O) groups excluding carboxylic acids is 3. The first-order chi connectivity index (χ1) is 23.7. The van der Waals surface area contributed by atoms with Crippen molar-refractivity contribution < 1.29 is 43.7 Å². The number of ether oxygens (including phenoxy) is 2. The third kappa shape index (κ3) is 5.91. The summed E-state index contributed by atoms with van der Waals surface area (Å²) in [5.74, 6) is -3.00. The number of aliphatic hydroxyl groups is 3. The summed E-state index contributed by atoms with van der Waals surface area (Å²) < 4.78 is 17.9. The second kappa shape index (κ2) is 14.7. The first kappa shape index (κ1) is 38.4. The number of fused-ring (bicyclic) bond motifs is 3. The van der Waals surface area contributed by atoms with Crippen molar-refractivity contribution in [2.75, 3.05) is 6.61 Å². The molecule has 4 aliphatic carbocycles. The van der Waals surface area contributed by atoms with E-state index in [1.54, 1.807) is 19.1 Å². The van der Waals surface area contributed by atoms with Crippen LogP contribution >= 0.6 is 0 Å². The van der Waals surface area contributed by atoms with Gasteiger partial charge in [0.05, 0.1) is 17.7 Å². The summed E-state index contributed by atoms with van der Waals surface area (Å²) in [6.07, 6.45) is 11.6. The molecule has 10 heteroatoms. The molecule has 4 aliphatic rings. The number of ketones is 1. The van der Waals surface area contributed by atoms with Gasteiger partial charge in [0.2, 0.25) is 0 Å². The average molecular weight is 698 g/mol. The van der Waals surface area contributed by atoms with E-state index in [0.29, 0.717) is 29.9 Å². The van der Waals surface area contributed by atoms with Crippen molar-refractivity contribution in [3.63, 3.8) is 0 Å². The minimum Gasteiger partial charge on any atom is -0.458 e. The first-order valence-electron chi connectivity index (χ1n) is 19.1. The van der Waals surface area contributed by atoms with E-state index in [-0.39, 0.29) is 35.7 Å². The summed E-state index contributed by atoms with van der Waals surface area (Å²) in [7, 11) is 0. The maximum Gasteiger partial charge on any atom is 0.344 e. The van der Waals surface area contributed by atoms with Crippen LogP contribution in [0.5, 0.6) is 0 Å². The molecule has 8 atom stereocenters. The lowest BCUT2D eigenvalue weighted by Gasteiger charge is -2.49. The maximum atomic E-state index is 15.0. The number of hydrogen-bond acceptors (Lipinski definition) is 10. The Kier molecular flexibility index (Phi) is 11.3. The number of esters is 2. The van der Waals surface area contributed by atoms with Crippen LogP contribution in [0.4, 0.5) is 0 Å². The predicted octanol–water partition coefficient (Wildman–Crippen LogP) is 6.38. The van der Waals surface area contributed by atoms with Crippen molar-refractivity contribution in [1.82, 2.24) is 5.16 Å². The zero-order valence-corrected chi connectivity index (χ0v) is 31.2. The number of nitrogens with zero attached hydrogens (tertiary/aromatic N) is 1. The van der Waals surface area contributed by atoms with Crippen molar-refractivity contribution in [2.24, 2.45) is 28.6 Å². The van der Waals surface area contributed by atoms with Crippen LogP contribution in [0.2, 0.25) is 0 Å². The largest absolute Gasteiger partial charge is 0.458 e. The van der Waals surface area contributed by atoms with E-state index in [2.05, 4.69) is 12.1 Å². The van der Waals surface area contributed by atoms with Crippen molar-refractivity contribution >= 4 is 17.7 Å². The van der Waals surface area contributed by atoms with Gasteiger partial charge in [0.1, 0.15) is 17.3 Å². The van der Waals surface area contributed by atoms with Crippen LogP contribution in [0.15, 0.2) is 27.8 Å². The molecule has 1 heterocycles. The number of aliphatic hydroxyl groups excluding tert-OH is 2. The summed E-state index contributed by atoms with van der Waals surface area (Å²) in [6.45, 7) is 12.8. The van der Waals surface area contributed by atoms with Gasteiger partial charge in [0.25, 0.3) is 0 Å². The molecule has 278 valence electrons. The number of hydrogen-bond donors (Lipinski definition) is 3. The molecule has 0 amide bonds. The molecule has 0 aliphatic heterocycles. The normalized spacial score (nSPS) is 33.8. The van der Waals surface area contributed by atoms with Gasteiger partial charge in [-0.3, -0.25) is 9.59 Å². The quantitative estimate of drug-likeness (QED) is 0.101. The van der Waals surface area contributed by atoms with Crippen LogP contribution in [-0.2, 0) is 31.9 Å². The van der Waals surface area contributed by atoms with Crippen molar-refractivity contribution in [1.29, 1.82) is 0 Å². The fourth-order valence-corrected chi connectivity index (χ4v) is 9.97. The number of rotatable bonds is 16. The zero-order chi connectivity index (χ0) is 36.6. The highest BCUT2D eigenvalue weighted by Gasteiger charge is 2.83. The van der Waals surface area contributed by atoms with E-state index < -0.39 is 64.6 Å². The average Bonchev–Trinajstić information content (AvgIpc) is 3.32. The molecule has 2 saturated carbocycles. The fraction of sp³-hybridized carbons (Fsp3) is 0.750. The van der Waals surface area contributed by atoms with E-state index >= 15 is 4.79 Å². The molecule has 0 saturated heterocycles. The summed E-state index contributed by atoms with van der Waals surface area (Å²) in [5, 5.41) is 39.4. The van der Waals surface area contributed by atoms with E-state index in [0.717, 1.165) is 25.7 Å². The molecule has 5 rings (SSSR count). The minimum atomic E-state index is -2.34. The van der Waals surface area contributed by atoms with Crippen molar-refractivity contribution in [3.8, 4) is 0 Å². The third-order valence-corrected chi connectivity index (χ3v) is 12.7. The zero-order valence-electron chi connectivity index (χ0n) is 31.2. The summed E-state index contributed by atoms with van der Waals surface area (Å²) in [5.41, 5.74) is -4.54. The highest BCUT2D eigenvalue weighted by molar-refractivity contribution is 5.97. The Labute approximate surface area is 297 Å². The van der Waals surface area contributed by atoms with Gasteiger partial charge in [0, 0.05) is 30.1 Å². The molecule has 2 fully saturated rings. The first-order valence-corrected chi connectivity index (χ1v) is 19.1. The Morgan fingerprint density at radius 1 is 1.02 bits per heavy atom. The molecule has 0 unspecified atom stereocenters. The van der Waals surface area contributed by atoms with Crippen molar-refractivity contribution in [2.45, 2.75) is 155 Å². The van der Waals surface area contributed by atoms with Gasteiger partial charge >= 0.3 is 11.9 Å². The molecular formula is C40H59NO9. The molecule has 10 nitrogen and oxygen atoms in total. The molecule has 1 spiro atoms. The van der Waals surface area contributed by atoms with Gasteiger partial charge in [-0.15, -0.1) is 0 Å². The molecule has 1 aromatic heterocycles. The number of aryl methyl sites for hydroxylation is 2. The Balaban J connectivity index is 1.42. The van der Waals surface area contributed by atoms with Gasteiger partial charge in [-0.1, -0.05) is 110 Å². The number of allylic oxidation sites excluding steroid dienone is 1. The smallest absolute Gasteiger partial charge is 0.344 e. The molecule has 0 radical (unpaired) electrons. The lowest BCUT2D eigenvalue weighted by Crippen LogP contribution is -2.66. The number of unbranched alkanes of at least 4 members (excludes halogenated alkanes) is 8. The summed E-state index contributed by atoms with van der Waals surface area (Å²) in [4.78, 5) is 42.3. The van der Waals surface area contributed by atoms with Crippen LogP contribution < -0.4 is 0 Å². The second-order valence-corrected chi connectivity index (χ2v) is 15.9. The van der Waals surface area contributed by atoms with Gasteiger partial charge < -0.3 is 29.3 Å². The van der Waals surface area contributed by atoms with Crippen LogP contribution in [-0.4, -0.2) is 68.2 Å². The topological polar surface area (TPSA) is 156 Å². The van der Waals surface area contributed by atoms with E-state index in [1.807, 2.05) is 34.6 Å². The van der Waals surface area contributed by atoms with Gasteiger partial charge in [-0.05, 0) is 43.3 Å². The molecule has 50 heavy (non-hydrogen) atoms. The Hall–Kier alpha value is -2.82. The van der Waals surface area contributed by atoms with E-state index in [1.165, 1.54) is 32.1 Å². The number of carbonyl (C=O) groups is 3. The van der Waals surface area contributed by atoms with Crippen LogP contribution in [0.1, 0.15) is 141 Å². The molecule has 0 aromatic carbocycles. The predicted molar refractivity (Wildman–Crippen MR) is 187 cm³/mol. The lowest BCUT2D eigenvalue weighted by atomic mass is 9.59. The molecule has 3 N–H and O–H groups in total. The van der Waals surface area contributed by atoms with Crippen LogP contribution in [0, 0.1) is 28.6 Å². The van der Waals surface area contributed by atoms with Crippen LogP contribution in [0.25, 0.3) is 0 Å². The van der Waals surface area contributed by atoms with Gasteiger partial charge in [-0.25, -0.2) is 4.79 Å². The van der Waals surface area contributed by atoms with E-state index in [9.17, 15) is 24.9 Å². The summed E-state index contributed by atoms with van der Waals surface area (Å²) >= 11 is 0. The van der Waals surface area contributed by atoms with Crippen molar-refractivity contribution in [3.05, 3.63) is 40.3 Å². The third-order valence-electron chi connectivity index (χ3n) is 12.7. The molecule has 2 bridgehead atoms. The van der Waals surface area contributed by atoms with Crippen LogP contribution in [0.3, 0.4) is 0 Å². The maximum absolute atomic E-state index is 15.0. The Morgan fingerprint density at radius 3 is 2.26 bits per heavy atom. The van der Waals surface area contributed by atoms with E-state index in [4.69, 9.17) is 14.0 Å². The Bertz CT molecular complexity index is 1490. The van der Waals surface area contributed by atoms with Gasteiger partial charge in [0.15, 0.2) is 23.2 Å². The SMILES string of the molecule is CCCCCCCCCCCC(=O)O[C@@]12C[C@@H](C)[C@]34C=C(C)[C@H](OC(=O)c5c(CC)noc5CC)[C@@]3(O)[C@H](O)C(CO)=C[C@H](C4=O)[C@@H]1C2(C)C. The fourth-order valence-electron chi connectivity index (χ4n) is 9.97. The second-order valence-electron chi connectivity index (χ2n) is 15.9. The van der Waals surface area contributed by atoms with Gasteiger partial charge in [-0.2, -0.15) is 0 Å². The lowest BCUT2D eigenvalue weighted by molar-refractivity contribution is -0.192. The summed E-state index contributed by atoms with van der Waals surface area (Å²) in [6, 6.07) is 0. The highest BCUT2D eigenvalue weighted by atomic mass is 16.6. The standard InChI is InChI=1S/C40H59NO9/c1-8-11-12-13-14-15-16-17-18-19-30(43)49-39-22-25(5)38-21-24(4)35(48-36(46)31-28(9-2)41-50-29(31)10-3)40(38,47)33(44)26(23-42)20-27(34(38)45)32(39)37(39,6)7/h20-21,25,27,32-33,35,42,44,47H,8-19,22-23H2,1-7H3/t25-,27+,32-,33-,35+,38+,39+,40+/m1/s1. The Morgan fingerprint density at radius 2 is 1.66 bits per heavy atom. The molecule has 1 aromatic rings. The number of Topliss-reactive ketones (excluding diaryl/α,β-unsaturated/α-hetero) is 1. The minimum absolute atomic E-state index is 0.0667. The highest BCUT2D eigenvalue weighted by Crippen LogP contribution is 2.75.